The van der Waals surface area contributed by atoms with E-state index < -0.39 is 23.9 Å². The number of fused-ring (bicyclic) bond motifs is 12. The summed E-state index contributed by atoms with van der Waals surface area (Å²) >= 11 is 0. The van der Waals surface area contributed by atoms with Crippen molar-refractivity contribution in [3.8, 4) is 0 Å². The number of hydrogen-bond donors (Lipinski definition) is 0. The van der Waals surface area contributed by atoms with Gasteiger partial charge < -0.3 is 72.5 Å². The number of hydrogen-bond acceptors (Lipinski definition) is 16. The van der Waals surface area contributed by atoms with Crippen LogP contribution in [-0.4, -0.2) is 74.7 Å². The molecule has 24 heteroatoms. The molecule has 6 aromatic heterocycles. The first-order chi connectivity index (χ1) is 29.2. The molecule has 0 bridgehead atoms. The van der Waals surface area contributed by atoms with Crippen molar-refractivity contribution >= 4 is 89.6 Å². The molecule has 0 aliphatic rings. The van der Waals surface area contributed by atoms with Crippen molar-refractivity contribution in [2.75, 3.05) is 0 Å². The largest absolute Gasteiger partial charge is 2.00 e. The van der Waals surface area contributed by atoms with E-state index >= 15 is 0 Å². The Labute approximate surface area is 402 Å². The smallest absolute Gasteiger partial charge is 0.545 e. The molecule has 4 aromatic carbocycles. The van der Waals surface area contributed by atoms with Gasteiger partial charge in [-0.1, -0.05) is 48.5 Å². The average molecular weight is 1020 g/mol. The molecule has 0 saturated carbocycles. The number of rotatable bonds is 4. The minimum atomic E-state index is -1.52. The Morgan fingerprint density at radius 1 is 0.279 bits per heavy atom. The monoisotopic (exact) mass is 1020 g/mol. The van der Waals surface area contributed by atoms with E-state index in [1.807, 2.05) is 48.5 Å². The molecular weight excluding hydrogens is 982 g/mol. The summed E-state index contributed by atoms with van der Waals surface area (Å²) in [7, 11) is 0. The fourth-order valence-electron chi connectivity index (χ4n) is 6.28. The van der Waals surface area contributed by atoms with Crippen LogP contribution in [0.1, 0.15) is 41.4 Å². The van der Waals surface area contributed by atoms with Crippen LogP contribution in [0.3, 0.4) is 0 Å². The van der Waals surface area contributed by atoms with Crippen molar-refractivity contribution in [3.63, 3.8) is 0 Å². The van der Waals surface area contributed by atoms with Gasteiger partial charge in [0.15, 0.2) is 0 Å². The van der Waals surface area contributed by atoms with Crippen molar-refractivity contribution in [1.82, 2.24) is 39.9 Å². The maximum Gasteiger partial charge on any atom is 2.00 e. The number of aromatic carboxylic acids is 4. The van der Waals surface area contributed by atoms with Gasteiger partial charge in [-0.15, -0.1) is 0 Å². The van der Waals surface area contributed by atoms with Crippen LogP contribution in [0, 0.1) is 0 Å². The fraction of sp³-hybridized carbons (Fsp3) is 0. The first-order valence-corrected chi connectivity index (χ1v) is 17.6. The van der Waals surface area contributed by atoms with E-state index in [9.17, 15) is 39.6 Å². The molecule has 0 fully saturated rings. The molecule has 356 valence electrons. The molecule has 0 radical (unpaired) electrons. The van der Waals surface area contributed by atoms with Gasteiger partial charge in [0.2, 0.25) is 0 Å². The Bertz CT molecular complexity index is 2580. The van der Waals surface area contributed by atoms with Gasteiger partial charge in [-0.3, -0.25) is 39.9 Å². The SMILES string of the molecule is O.O.O=C([O-])c1ccccc1C(=O)[O-].O=C([O-])c1ccccc1C(=O)[O-].[Ni+2].[Ni+2].[OH3+].[OH3+].[OH3+].[OH3+].c1cnc2c(c1)c1nccnc1c1cccnc12.c1cnc2c(c1)c1nccnc1c1cccnc12. The van der Waals surface area contributed by atoms with E-state index in [4.69, 9.17) is 0 Å². The predicted octanol–water partition coefficient (Wildman–Crippen LogP) is -3.06. The number of benzene rings is 4. The third kappa shape index (κ3) is 13.0. The van der Waals surface area contributed by atoms with Crippen LogP contribution in [-0.2, 0) is 54.9 Å². The average Bonchev–Trinajstić information content (AvgIpc) is 3.30. The van der Waals surface area contributed by atoms with Crippen LogP contribution < -0.4 is 20.4 Å². The van der Waals surface area contributed by atoms with Gasteiger partial charge in [0.05, 0.1) is 68.0 Å². The maximum atomic E-state index is 10.3. The topological polar surface area (TPSA) is 459 Å². The Morgan fingerprint density at radius 2 is 0.441 bits per heavy atom. The van der Waals surface area contributed by atoms with Gasteiger partial charge in [-0.25, -0.2) is 0 Å². The van der Waals surface area contributed by atoms with Crippen LogP contribution in [0.25, 0.3) is 65.7 Å². The second-order valence-corrected chi connectivity index (χ2v) is 12.3. The van der Waals surface area contributed by atoms with Gasteiger partial charge in [0.25, 0.3) is 0 Å². The molecule has 22 nitrogen and oxygen atoms in total. The summed E-state index contributed by atoms with van der Waals surface area (Å²) in [6.07, 6.45) is 13.9. The molecule has 10 rings (SSSR count). The third-order valence-corrected chi connectivity index (χ3v) is 8.83. The molecule has 10 aromatic rings. The Hall–Kier alpha value is -8.17. The van der Waals surface area contributed by atoms with E-state index in [1.165, 1.54) is 24.3 Å². The van der Waals surface area contributed by atoms with E-state index in [0.29, 0.717) is 0 Å². The second kappa shape index (κ2) is 28.0. The Kier molecular flexibility index (Phi) is 25.5. The number of pyridine rings is 4. The van der Waals surface area contributed by atoms with Gasteiger partial charge in [0.1, 0.15) is 0 Å². The van der Waals surface area contributed by atoms with Crippen molar-refractivity contribution in [3.05, 3.63) is 169 Å². The fourth-order valence-corrected chi connectivity index (χ4v) is 6.28. The van der Waals surface area contributed by atoms with E-state index in [-0.39, 0.29) is 88.1 Å². The zero-order chi connectivity index (χ0) is 42.2. The van der Waals surface area contributed by atoms with E-state index in [0.717, 1.165) is 89.9 Å². The van der Waals surface area contributed by atoms with Crippen molar-refractivity contribution < 1.29 is 105 Å². The summed E-state index contributed by atoms with van der Waals surface area (Å²) in [4.78, 5) is 76.7. The quantitative estimate of drug-likeness (QED) is 0.0959. The Balaban J connectivity index is 0. The van der Waals surface area contributed by atoms with Gasteiger partial charge in [0, 0.05) is 93.4 Å². The first kappa shape index (κ1) is 61.9. The number of nitrogens with zero attached hydrogens (tertiary/aromatic N) is 8. The molecule has 0 aliphatic carbocycles. The van der Waals surface area contributed by atoms with Crippen molar-refractivity contribution in [2.24, 2.45) is 0 Å². The molecule has 0 spiro atoms. The minimum absolute atomic E-state index is 0. The van der Waals surface area contributed by atoms with Gasteiger partial charge in [-0.05, 0) is 48.5 Å². The van der Waals surface area contributed by atoms with Crippen LogP contribution >= 0.6 is 0 Å². The summed E-state index contributed by atoms with van der Waals surface area (Å²) in [5, 5.41) is 45.3. The summed E-state index contributed by atoms with van der Waals surface area (Å²) in [5.41, 5.74) is 5.55. The molecule has 68 heavy (non-hydrogen) atoms. The van der Waals surface area contributed by atoms with E-state index in [1.54, 1.807) is 49.6 Å². The van der Waals surface area contributed by atoms with E-state index in [2.05, 4.69) is 39.9 Å². The van der Waals surface area contributed by atoms with Crippen LogP contribution in [0.15, 0.2) is 147 Å². The summed E-state index contributed by atoms with van der Waals surface area (Å²) in [6, 6.07) is 25.9. The first-order valence-electron chi connectivity index (χ1n) is 17.6. The number of carboxylic acid groups (broad SMARTS) is 4. The van der Waals surface area contributed by atoms with Gasteiger partial charge in [-0.2, -0.15) is 0 Å². The standard InChI is InChI=1S/2C14H8N4.2C8H6O4.2Ni.6H2O/c2*1-3-9-11(15-5-1)12-10(4-2-6-16-12)14-13(9)17-7-8-18-14;2*9-7(10)5-3-1-2-4-6(5)8(11)12;;;;;;;;/h2*1-8H;2*1-4H,(H,9,10)(H,11,12);;;6*1H2/q;;;;2*+2;;;;;;. The van der Waals surface area contributed by atoms with Gasteiger partial charge >= 0.3 is 33.0 Å². The predicted molar refractivity (Wildman–Crippen MR) is 237 cm³/mol. The molecule has 0 aliphatic heterocycles. The van der Waals surface area contributed by atoms with Crippen LogP contribution in [0.5, 0.6) is 0 Å². The van der Waals surface area contributed by atoms with Crippen molar-refractivity contribution in [1.29, 1.82) is 0 Å². The zero-order valence-corrected chi connectivity index (χ0v) is 36.6. The normalized spacial score (nSPS) is 9.29. The molecule has 6 heterocycles. The van der Waals surface area contributed by atoms with Crippen molar-refractivity contribution in [2.45, 2.75) is 0 Å². The summed E-state index contributed by atoms with van der Waals surface area (Å²) in [6.45, 7) is 0. The molecule has 0 atom stereocenters. The van der Waals surface area contributed by atoms with Crippen LogP contribution in [0.2, 0.25) is 0 Å². The second-order valence-electron chi connectivity index (χ2n) is 12.3. The van der Waals surface area contributed by atoms with Crippen LogP contribution in [0.4, 0.5) is 0 Å². The third-order valence-electron chi connectivity index (χ3n) is 8.83. The number of aromatic nitrogens is 8. The summed E-state index contributed by atoms with van der Waals surface area (Å²) < 4.78 is 0. The summed E-state index contributed by atoms with van der Waals surface area (Å²) in [5.74, 6) is -6.07. The molecule has 0 unspecified atom stereocenters. The molecule has 0 saturated heterocycles. The number of carbonyl (C=O) groups excluding carboxylic acids is 4. The number of carbonyl (C=O) groups is 4. The Morgan fingerprint density at radius 3 is 0.603 bits per heavy atom. The molecular formula is C44H40N8Ni2O14+4. The zero-order valence-electron chi connectivity index (χ0n) is 34.6. The minimum Gasteiger partial charge on any atom is -0.545 e. The number of carboxylic acids is 4. The molecule has 16 N–H and O–H groups in total. The molecule has 0 amide bonds. The maximum absolute atomic E-state index is 10.3.